The van der Waals surface area contributed by atoms with Crippen molar-refractivity contribution in [2.24, 2.45) is 22.2 Å². The van der Waals surface area contributed by atoms with Gasteiger partial charge in [-0.25, -0.2) is 8.78 Å². The van der Waals surface area contributed by atoms with Crippen LogP contribution in [0, 0.1) is 0 Å². The van der Waals surface area contributed by atoms with Crippen LogP contribution in [0.25, 0.3) is 5.57 Å². The minimum Gasteiger partial charge on any atom is -0.404 e. The molecule has 1 aromatic rings. The summed E-state index contributed by atoms with van der Waals surface area (Å²) in [5, 5.41) is 10.5. The van der Waals surface area contributed by atoms with Gasteiger partial charge < -0.3 is 42.8 Å². The zero-order valence-corrected chi connectivity index (χ0v) is 23.9. The van der Waals surface area contributed by atoms with Gasteiger partial charge >= 0.3 is 0 Å². The molecule has 0 radical (unpaired) electrons. The first-order valence-corrected chi connectivity index (χ1v) is 13.4. The summed E-state index contributed by atoms with van der Waals surface area (Å²) in [4.78, 5) is 14.2. The smallest absolute Gasteiger partial charge is 0.264 e. The van der Waals surface area contributed by atoms with E-state index >= 15 is 0 Å². The highest BCUT2D eigenvalue weighted by atomic mass is 19.3. The predicted molar refractivity (Wildman–Crippen MR) is 159 cm³/mol. The van der Waals surface area contributed by atoms with E-state index < -0.39 is 12.6 Å². The molecule has 3 rings (SSSR count). The molecule has 0 aliphatic carbocycles. The zero-order chi connectivity index (χ0) is 29.4. The second kappa shape index (κ2) is 18.4. The van der Waals surface area contributed by atoms with E-state index in [1.165, 1.54) is 31.2 Å². The average molecular weight is 551 g/mol. The Morgan fingerprint density at radius 2 is 1.95 bits per heavy atom. The number of likely N-dealkylation sites (N-methyl/N-ethyl adjacent to an activating group) is 1. The molecule has 9 nitrogen and oxygen atoms in total. The summed E-state index contributed by atoms with van der Waals surface area (Å²) in [5.74, 6) is 0. The summed E-state index contributed by atoms with van der Waals surface area (Å²) in [7, 11) is 5.17. The number of benzene rings is 1. The number of hydrogen-bond donors (Lipinski definition) is 6. The lowest BCUT2D eigenvalue weighted by Gasteiger charge is -2.35. The number of hydrogen-bond acceptors (Lipinski definition) is 9. The van der Waals surface area contributed by atoms with Gasteiger partial charge in [0.15, 0.2) is 0 Å². The van der Waals surface area contributed by atoms with Crippen molar-refractivity contribution in [1.29, 1.82) is 0 Å². The van der Waals surface area contributed by atoms with E-state index in [1.807, 2.05) is 6.79 Å². The van der Waals surface area contributed by atoms with E-state index in [9.17, 15) is 8.78 Å². The van der Waals surface area contributed by atoms with Crippen LogP contribution in [0.3, 0.4) is 0 Å². The Morgan fingerprint density at radius 1 is 1.28 bits per heavy atom. The highest BCUT2D eigenvalue weighted by Crippen LogP contribution is 2.34. The summed E-state index contributed by atoms with van der Waals surface area (Å²) in [6.45, 7) is 7.78. The lowest BCUT2D eigenvalue weighted by Crippen LogP contribution is -2.46. The second-order valence-corrected chi connectivity index (χ2v) is 9.44. The number of aliphatic imine (C=N–C) groups is 1. The zero-order valence-electron chi connectivity index (χ0n) is 23.9. The molecular weight excluding hydrogens is 502 g/mol. The van der Waals surface area contributed by atoms with Gasteiger partial charge in [-0.3, -0.25) is 4.99 Å². The van der Waals surface area contributed by atoms with Crippen molar-refractivity contribution >= 4 is 24.3 Å². The molecule has 1 aromatic carbocycles. The maximum Gasteiger partial charge on any atom is 0.264 e. The van der Waals surface area contributed by atoms with Crippen LogP contribution < -0.4 is 33.2 Å². The van der Waals surface area contributed by atoms with Crippen molar-refractivity contribution in [2.45, 2.75) is 57.7 Å². The Kier molecular flexibility index (Phi) is 16.1. The molecule has 2 heterocycles. The molecule has 0 bridgehead atoms. The van der Waals surface area contributed by atoms with E-state index in [0.29, 0.717) is 22.9 Å². The van der Waals surface area contributed by atoms with Crippen molar-refractivity contribution < 1.29 is 13.6 Å². The summed E-state index contributed by atoms with van der Waals surface area (Å²) >= 11 is 0. The first-order valence-electron chi connectivity index (χ1n) is 13.4. The van der Waals surface area contributed by atoms with E-state index in [4.69, 9.17) is 16.3 Å². The number of halogens is 2. The van der Waals surface area contributed by atoms with Gasteiger partial charge in [0.05, 0.1) is 6.17 Å². The Labute approximate surface area is 232 Å². The van der Waals surface area contributed by atoms with Gasteiger partial charge in [-0.15, -0.1) is 0 Å². The van der Waals surface area contributed by atoms with Crippen LogP contribution >= 0.6 is 0 Å². The van der Waals surface area contributed by atoms with Crippen LogP contribution in [-0.4, -0.2) is 77.4 Å². The van der Waals surface area contributed by atoms with Gasteiger partial charge in [-0.2, -0.15) is 0 Å². The Bertz CT molecular complexity index is 961. The molecule has 9 N–H and O–H groups in total. The molecule has 220 valence electrons. The molecule has 1 atom stereocenters. The SMILES string of the molecule is C=O.CCCc1cc(/C(C=NC)=C/N)c(C(F)F)cc1NC(N)C1=C(NC2CCNCC2)CCN(C)C1.CN. The summed E-state index contributed by atoms with van der Waals surface area (Å²) < 4.78 is 28.3. The molecule has 2 aliphatic heterocycles. The summed E-state index contributed by atoms with van der Waals surface area (Å²) in [5.41, 5.74) is 21.6. The lowest BCUT2D eigenvalue weighted by molar-refractivity contribution is -0.0980. The van der Waals surface area contributed by atoms with Gasteiger partial charge in [-0.1, -0.05) is 13.3 Å². The van der Waals surface area contributed by atoms with Crippen LogP contribution in [0.5, 0.6) is 0 Å². The number of nitrogens with two attached hydrogens (primary N) is 3. The number of piperidine rings is 1. The third-order valence-electron chi connectivity index (χ3n) is 6.76. The minimum absolute atomic E-state index is 0.0843. The number of rotatable bonds is 10. The summed E-state index contributed by atoms with van der Waals surface area (Å²) in [6, 6.07) is 3.76. The number of allylic oxidation sites excluding steroid dienone is 1. The molecular formula is C28H48F2N8O. The standard InChI is InChI=1S/C26H41F2N7.CH5N.CH2O/c1-4-5-17-12-20(18(14-29)15-31-2)21(25(27)28)13-24(17)34-26(30)22-16-35(3)11-8-23(22)33-19-6-9-32-10-7-19;2*1-2/h12-15,19,25-26,32-34H,4-11,16,29-30H2,1-3H3;2H2,1H3;1H2/b18-14+,31-15?;;. The second-order valence-electron chi connectivity index (χ2n) is 9.44. The number of carbonyl (C=O) groups excluding carboxylic acids is 1. The highest BCUT2D eigenvalue weighted by molar-refractivity contribution is 6.10. The van der Waals surface area contributed by atoms with Gasteiger partial charge in [0.25, 0.3) is 6.43 Å². The van der Waals surface area contributed by atoms with Gasteiger partial charge in [0.1, 0.15) is 6.79 Å². The van der Waals surface area contributed by atoms with E-state index in [2.05, 4.69) is 45.5 Å². The van der Waals surface area contributed by atoms with Crippen molar-refractivity contribution in [1.82, 2.24) is 15.5 Å². The highest BCUT2D eigenvalue weighted by Gasteiger charge is 2.25. The van der Waals surface area contributed by atoms with Crippen LogP contribution in [-0.2, 0) is 11.2 Å². The number of carbonyl (C=O) groups is 1. The molecule has 0 saturated carbocycles. The van der Waals surface area contributed by atoms with Crippen LogP contribution in [0.1, 0.15) is 55.7 Å². The lowest BCUT2D eigenvalue weighted by atomic mass is 9.94. The Hall–Kier alpha value is -2.86. The van der Waals surface area contributed by atoms with Crippen molar-refractivity contribution in [3.05, 3.63) is 46.3 Å². The predicted octanol–water partition coefficient (Wildman–Crippen LogP) is 2.59. The van der Waals surface area contributed by atoms with Crippen LogP contribution in [0.2, 0.25) is 0 Å². The molecule has 1 unspecified atom stereocenters. The fraction of sp³-hybridized carbons (Fsp3) is 0.571. The first-order chi connectivity index (χ1) is 18.9. The molecule has 0 aromatic heterocycles. The fourth-order valence-electron chi connectivity index (χ4n) is 4.89. The Morgan fingerprint density at radius 3 is 2.51 bits per heavy atom. The van der Waals surface area contributed by atoms with Gasteiger partial charge in [0, 0.05) is 61.1 Å². The normalized spacial score (nSPS) is 17.8. The topological polar surface area (TPSA) is 147 Å². The van der Waals surface area contributed by atoms with E-state index in [-0.39, 0.29) is 5.56 Å². The molecule has 11 heteroatoms. The largest absolute Gasteiger partial charge is 0.404 e. The van der Waals surface area contributed by atoms with Gasteiger partial charge in [0.2, 0.25) is 0 Å². The maximum atomic E-state index is 14.1. The quantitative estimate of drug-likeness (QED) is 0.193. The number of alkyl halides is 2. The molecule has 1 fully saturated rings. The van der Waals surface area contributed by atoms with E-state index in [0.717, 1.165) is 69.4 Å². The van der Waals surface area contributed by atoms with Crippen molar-refractivity contribution in [2.75, 3.05) is 52.6 Å². The minimum atomic E-state index is -2.66. The number of aryl methyl sites for hydroxylation is 1. The monoisotopic (exact) mass is 550 g/mol. The molecule has 0 spiro atoms. The number of nitrogens with zero attached hydrogens (tertiary/aromatic N) is 2. The first kappa shape index (κ1) is 34.2. The molecule has 0 amide bonds. The van der Waals surface area contributed by atoms with Gasteiger partial charge in [-0.05, 0) is 81.7 Å². The van der Waals surface area contributed by atoms with Crippen LogP contribution in [0.4, 0.5) is 14.5 Å². The third kappa shape index (κ3) is 9.99. The molecule has 1 saturated heterocycles. The van der Waals surface area contributed by atoms with E-state index in [1.54, 1.807) is 13.1 Å². The number of anilines is 1. The van der Waals surface area contributed by atoms with Crippen LogP contribution in [0.15, 0.2) is 34.6 Å². The third-order valence-corrected chi connectivity index (χ3v) is 6.76. The Balaban J connectivity index is 0.00000181. The number of nitrogens with one attached hydrogen (secondary N) is 3. The van der Waals surface area contributed by atoms with Crippen molar-refractivity contribution in [3.8, 4) is 0 Å². The average Bonchev–Trinajstić information content (AvgIpc) is 2.96. The molecule has 2 aliphatic rings. The maximum absolute atomic E-state index is 14.1. The van der Waals surface area contributed by atoms with Crippen molar-refractivity contribution in [3.63, 3.8) is 0 Å². The molecule has 39 heavy (non-hydrogen) atoms. The fourth-order valence-corrected chi connectivity index (χ4v) is 4.89. The summed E-state index contributed by atoms with van der Waals surface area (Å²) in [6.07, 6.45) is 4.34.